The van der Waals surface area contributed by atoms with Gasteiger partial charge < -0.3 is 15.1 Å². The molecule has 2 aliphatic heterocycles. The van der Waals surface area contributed by atoms with Crippen LogP contribution in [0.5, 0.6) is 0 Å². The lowest BCUT2D eigenvalue weighted by molar-refractivity contribution is -0.129. The highest BCUT2D eigenvalue weighted by molar-refractivity contribution is 5.78. The number of hydrogen-bond donors (Lipinski definition) is 2. The summed E-state index contributed by atoms with van der Waals surface area (Å²) in [5.41, 5.74) is 0. The first-order valence-electron chi connectivity index (χ1n) is 7.99. The van der Waals surface area contributed by atoms with Gasteiger partial charge in [-0.15, -0.1) is 0 Å². The van der Waals surface area contributed by atoms with Crippen molar-refractivity contribution in [2.45, 2.75) is 63.7 Å². The van der Waals surface area contributed by atoms with Gasteiger partial charge in [0, 0.05) is 32.1 Å². The van der Waals surface area contributed by atoms with Crippen LogP contribution in [-0.4, -0.2) is 70.3 Å². The van der Waals surface area contributed by atoms with E-state index in [2.05, 4.69) is 4.90 Å². The number of rotatable bonds is 6. The molecule has 3 atom stereocenters. The van der Waals surface area contributed by atoms with Crippen LogP contribution in [0, 0.1) is 0 Å². The number of aliphatic hydroxyl groups excluding tert-OH is 2. The first-order chi connectivity index (χ1) is 9.61. The van der Waals surface area contributed by atoms with E-state index in [-0.39, 0.29) is 18.1 Å². The molecular weight excluding hydrogens is 256 g/mol. The topological polar surface area (TPSA) is 64.0 Å². The fraction of sp³-hybridized carbons (Fsp3) is 0.933. The molecule has 2 rings (SSSR count). The average molecular weight is 284 g/mol. The second-order valence-corrected chi connectivity index (χ2v) is 6.13. The van der Waals surface area contributed by atoms with Crippen molar-refractivity contribution < 1.29 is 15.0 Å². The predicted molar refractivity (Wildman–Crippen MR) is 77.3 cm³/mol. The van der Waals surface area contributed by atoms with Crippen LogP contribution in [0.1, 0.15) is 45.4 Å². The Kier molecular flexibility index (Phi) is 5.81. The Balaban J connectivity index is 1.84. The Morgan fingerprint density at radius 1 is 1.20 bits per heavy atom. The number of carbonyl (C=O) groups excluding carboxylic acids is 1. The fourth-order valence-electron chi connectivity index (χ4n) is 3.43. The Labute approximate surface area is 121 Å². The molecule has 2 aliphatic rings. The minimum atomic E-state index is -0.512. The van der Waals surface area contributed by atoms with Crippen molar-refractivity contribution in [1.29, 1.82) is 0 Å². The number of nitrogens with zero attached hydrogens (tertiary/aromatic N) is 2. The molecular formula is C15H28N2O3. The molecule has 5 nitrogen and oxygen atoms in total. The Morgan fingerprint density at radius 2 is 2.00 bits per heavy atom. The summed E-state index contributed by atoms with van der Waals surface area (Å²) in [7, 11) is 0. The summed E-state index contributed by atoms with van der Waals surface area (Å²) in [5.74, 6) is 0.160. The van der Waals surface area contributed by atoms with E-state index >= 15 is 0 Å². The second-order valence-electron chi connectivity index (χ2n) is 6.13. The molecule has 2 N–H and O–H groups in total. The second kappa shape index (κ2) is 7.38. The van der Waals surface area contributed by atoms with Crippen molar-refractivity contribution in [2.24, 2.45) is 0 Å². The third-order valence-electron chi connectivity index (χ3n) is 4.57. The van der Waals surface area contributed by atoms with E-state index in [9.17, 15) is 15.0 Å². The first kappa shape index (κ1) is 15.7. The van der Waals surface area contributed by atoms with Gasteiger partial charge in [-0.2, -0.15) is 0 Å². The molecule has 2 saturated heterocycles. The van der Waals surface area contributed by atoms with Gasteiger partial charge in [-0.3, -0.25) is 9.69 Å². The van der Waals surface area contributed by atoms with Crippen molar-refractivity contribution in [3.05, 3.63) is 0 Å². The van der Waals surface area contributed by atoms with Crippen LogP contribution < -0.4 is 0 Å². The van der Waals surface area contributed by atoms with Crippen LogP contribution in [0.4, 0.5) is 0 Å². The van der Waals surface area contributed by atoms with E-state index in [1.54, 1.807) is 4.90 Å². The third-order valence-corrected chi connectivity index (χ3v) is 4.57. The quantitative estimate of drug-likeness (QED) is 0.749. The molecule has 0 saturated carbocycles. The number of amides is 1. The SMILES string of the molecule is CC[C@H](O)[C@H]1CCCCN1C[C@H](O)CN1CCCC1=O. The van der Waals surface area contributed by atoms with Crippen LogP contribution in [0.3, 0.4) is 0 Å². The normalized spacial score (nSPS) is 27.9. The zero-order valence-electron chi connectivity index (χ0n) is 12.5. The van der Waals surface area contributed by atoms with E-state index in [0.29, 0.717) is 19.5 Å². The number of piperidine rings is 1. The van der Waals surface area contributed by atoms with Crippen molar-refractivity contribution >= 4 is 5.91 Å². The van der Waals surface area contributed by atoms with E-state index in [0.717, 1.165) is 45.2 Å². The molecule has 5 heteroatoms. The highest BCUT2D eigenvalue weighted by atomic mass is 16.3. The minimum Gasteiger partial charge on any atom is -0.392 e. The van der Waals surface area contributed by atoms with Gasteiger partial charge in [-0.05, 0) is 32.2 Å². The summed E-state index contributed by atoms with van der Waals surface area (Å²) < 4.78 is 0. The van der Waals surface area contributed by atoms with Gasteiger partial charge >= 0.3 is 0 Å². The Bertz CT molecular complexity index is 324. The highest BCUT2D eigenvalue weighted by Crippen LogP contribution is 2.22. The van der Waals surface area contributed by atoms with Gasteiger partial charge in [0.1, 0.15) is 0 Å². The van der Waals surface area contributed by atoms with Crippen LogP contribution in [-0.2, 0) is 4.79 Å². The number of likely N-dealkylation sites (tertiary alicyclic amines) is 2. The van der Waals surface area contributed by atoms with Crippen LogP contribution in [0.25, 0.3) is 0 Å². The number of carbonyl (C=O) groups is 1. The van der Waals surface area contributed by atoms with E-state index in [1.807, 2.05) is 6.92 Å². The molecule has 0 bridgehead atoms. The first-order valence-corrected chi connectivity index (χ1v) is 7.99. The highest BCUT2D eigenvalue weighted by Gasteiger charge is 2.30. The molecule has 0 aromatic carbocycles. The van der Waals surface area contributed by atoms with Crippen molar-refractivity contribution in [1.82, 2.24) is 9.80 Å². The van der Waals surface area contributed by atoms with Gasteiger partial charge in [0.05, 0.1) is 12.2 Å². The summed E-state index contributed by atoms with van der Waals surface area (Å²) in [6, 6.07) is 0.165. The molecule has 0 spiro atoms. The zero-order chi connectivity index (χ0) is 14.5. The molecule has 20 heavy (non-hydrogen) atoms. The summed E-state index contributed by atoms with van der Waals surface area (Å²) in [5, 5.41) is 20.3. The van der Waals surface area contributed by atoms with Crippen LogP contribution in [0.2, 0.25) is 0 Å². The number of β-amino-alcohol motifs (C(OH)–C–C–N with tert-alkyl or cyclic N) is 1. The maximum Gasteiger partial charge on any atom is 0.222 e. The standard InChI is InChI=1S/C15H28N2O3/c1-2-14(19)13-6-3-4-8-16(13)10-12(18)11-17-9-5-7-15(17)20/h12-14,18-19H,2-11H2,1H3/t12-,13+,14-/m0/s1. The summed E-state index contributed by atoms with van der Waals surface area (Å²) in [6.07, 6.45) is 4.74. The minimum absolute atomic E-state index is 0.160. The van der Waals surface area contributed by atoms with E-state index < -0.39 is 6.10 Å². The van der Waals surface area contributed by atoms with Crippen molar-refractivity contribution in [2.75, 3.05) is 26.2 Å². The van der Waals surface area contributed by atoms with Crippen molar-refractivity contribution in [3.8, 4) is 0 Å². The number of hydrogen-bond acceptors (Lipinski definition) is 4. The number of aliphatic hydroxyl groups is 2. The monoisotopic (exact) mass is 284 g/mol. The largest absolute Gasteiger partial charge is 0.392 e. The molecule has 2 heterocycles. The van der Waals surface area contributed by atoms with Crippen molar-refractivity contribution in [3.63, 3.8) is 0 Å². The van der Waals surface area contributed by atoms with Gasteiger partial charge in [0.15, 0.2) is 0 Å². The lowest BCUT2D eigenvalue weighted by Gasteiger charge is -2.39. The lowest BCUT2D eigenvalue weighted by atomic mass is 9.95. The summed E-state index contributed by atoms with van der Waals surface area (Å²) >= 11 is 0. The average Bonchev–Trinajstić information content (AvgIpc) is 2.84. The summed E-state index contributed by atoms with van der Waals surface area (Å²) in [4.78, 5) is 15.6. The van der Waals surface area contributed by atoms with Crippen LogP contribution in [0.15, 0.2) is 0 Å². The van der Waals surface area contributed by atoms with Gasteiger partial charge in [-0.25, -0.2) is 0 Å². The molecule has 0 unspecified atom stereocenters. The lowest BCUT2D eigenvalue weighted by Crippen LogP contribution is -2.51. The van der Waals surface area contributed by atoms with Gasteiger partial charge in [0.2, 0.25) is 5.91 Å². The maximum atomic E-state index is 11.6. The fourth-order valence-corrected chi connectivity index (χ4v) is 3.43. The van der Waals surface area contributed by atoms with E-state index in [4.69, 9.17) is 0 Å². The Hall–Kier alpha value is -0.650. The van der Waals surface area contributed by atoms with E-state index in [1.165, 1.54) is 0 Å². The maximum absolute atomic E-state index is 11.6. The molecule has 1 amide bonds. The zero-order valence-corrected chi connectivity index (χ0v) is 12.5. The smallest absolute Gasteiger partial charge is 0.222 e. The van der Waals surface area contributed by atoms with Gasteiger partial charge in [0.25, 0.3) is 0 Å². The molecule has 0 aromatic heterocycles. The molecule has 0 aliphatic carbocycles. The molecule has 2 fully saturated rings. The predicted octanol–water partition coefficient (Wildman–Crippen LogP) is 0.595. The van der Waals surface area contributed by atoms with Crippen LogP contribution >= 0.6 is 0 Å². The van der Waals surface area contributed by atoms with Gasteiger partial charge in [-0.1, -0.05) is 13.3 Å². The third kappa shape index (κ3) is 3.93. The Morgan fingerprint density at radius 3 is 2.65 bits per heavy atom. The summed E-state index contributed by atoms with van der Waals surface area (Å²) in [6.45, 7) is 4.70. The molecule has 116 valence electrons. The molecule has 0 aromatic rings. The molecule has 0 radical (unpaired) electrons.